The highest BCUT2D eigenvalue weighted by Gasteiger charge is 2.29. The third-order valence-electron chi connectivity index (χ3n) is 0.941. The molecule has 0 aromatic rings. The van der Waals surface area contributed by atoms with Gasteiger partial charge in [-0.25, -0.2) is 4.79 Å². The Labute approximate surface area is 71.3 Å². The number of aliphatic hydroxyl groups is 1. The smallest absolute Gasteiger partial charge is 0.346 e. The van der Waals surface area contributed by atoms with Gasteiger partial charge in [0.1, 0.15) is 0 Å². The molecular formula is C5H11ClO3S. The van der Waals surface area contributed by atoms with Gasteiger partial charge in [0.15, 0.2) is 0 Å². The minimum absolute atomic E-state index is 0. The Morgan fingerprint density at radius 1 is 1.70 bits per heavy atom. The van der Waals surface area contributed by atoms with Crippen molar-refractivity contribution in [3.05, 3.63) is 0 Å². The maximum Gasteiger partial charge on any atom is 0.346 e. The maximum atomic E-state index is 10.1. The summed E-state index contributed by atoms with van der Waals surface area (Å²) in [5.74, 6) is -1.28. The van der Waals surface area contributed by atoms with E-state index in [1.807, 2.05) is 0 Å². The number of rotatable bonds is 3. The first-order chi connectivity index (χ1) is 4.00. The van der Waals surface area contributed by atoms with Crippen LogP contribution in [0.15, 0.2) is 0 Å². The first-order valence-electron chi connectivity index (χ1n) is 2.69. The topological polar surface area (TPSA) is 57.5 Å². The maximum absolute atomic E-state index is 10.1. The fourth-order valence-electron chi connectivity index (χ4n) is 0.456. The number of carboxylic acids is 1. The van der Waals surface area contributed by atoms with Crippen LogP contribution in [0.5, 0.6) is 0 Å². The number of aliphatic carboxylic acids is 1. The van der Waals surface area contributed by atoms with Gasteiger partial charge in [-0.05, 0) is 6.42 Å². The van der Waals surface area contributed by atoms with Crippen molar-refractivity contribution in [2.75, 3.05) is 0 Å². The Balaban J connectivity index is 0. The summed E-state index contributed by atoms with van der Waals surface area (Å²) < 4.78 is 0. The number of thiol groups is 1. The van der Waals surface area contributed by atoms with Gasteiger partial charge in [0, 0.05) is 0 Å². The summed E-state index contributed by atoms with van der Waals surface area (Å²) in [6.45, 7) is 1.78. The molecule has 0 aliphatic carbocycles. The summed E-state index contributed by atoms with van der Waals surface area (Å²) in [6.07, 6.45) is 0.776. The molecule has 0 fully saturated rings. The second-order valence-electron chi connectivity index (χ2n) is 1.87. The number of carbonyl (C=O) groups is 1. The highest BCUT2D eigenvalue weighted by Crippen LogP contribution is 2.16. The van der Waals surface area contributed by atoms with Crippen molar-refractivity contribution >= 4 is 31.0 Å². The molecule has 0 aliphatic heterocycles. The monoisotopic (exact) mass is 186 g/mol. The van der Waals surface area contributed by atoms with Gasteiger partial charge in [-0.15, -0.1) is 25.0 Å². The summed E-state index contributed by atoms with van der Waals surface area (Å²) in [5.41, 5.74) is 0. The van der Waals surface area contributed by atoms with Gasteiger partial charge in [0.05, 0.1) is 0 Å². The van der Waals surface area contributed by atoms with E-state index in [1.54, 1.807) is 6.92 Å². The molecule has 0 amide bonds. The molecule has 0 radical (unpaired) electrons. The van der Waals surface area contributed by atoms with E-state index in [0.717, 1.165) is 0 Å². The lowest BCUT2D eigenvalue weighted by Gasteiger charge is -2.14. The fourth-order valence-corrected chi connectivity index (χ4v) is 0.679. The highest BCUT2D eigenvalue weighted by molar-refractivity contribution is 7.82. The molecule has 0 bridgehead atoms. The minimum Gasteiger partial charge on any atom is -0.478 e. The summed E-state index contributed by atoms with van der Waals surface area (Å²) in [4.78, 5) is 8.25. The molecule has 0 saturated carbocycles. The quantitative estimate of drug-likeness (QED) is 0.454. The van der Waals surface area contributed by atoms with Gasteiger partial charge >= 0.3 is 5.97 Å². The van der Waals surface area contributed by atoms with Crippen molar-refractivity contribution in [1.29, 1.82) is 0 Å². The molecular weight excluding hydrogens is 176 g/mol. The molecule has 10 heavy (non-hydrogen) atoms. The molecule has 1 atom stereocenters. The van der Waals surface area contributed by atoms with E-state index in [2.05, 4.69) is 12.6 Å². The van der Waals surface area contributed by atoms with E-state index < -0.39 is 10.9 Å². The number of carboxylic acid groups (broad SMARTS) is 1. The molecule has 0 aliphatic rings. The number of hydrogen-bond acceptors (Lipinski definition) is 3. The van der Waals surface area contributed by atoms with Gasteiger partial charge in [-0.2, -0.15) is 0 Å². The summed E-state index contributed by atoms with van der Waals surface area (Å²) in [5, 5.41) is 17.1. The molecule has 0 aromatic carbocycles. The van der Waals surface area contributed by atoms with Crippen LogP contribution in [-0.4, -0.2) is 21.1 Å². The molecule has 5 heteroatoms. The second kappa shape index (κ2) is 4.82. The van der Waals surface area contributed by atoms with E-state index in [9.17, 15) is 4.79 Å². The predicted octanol–water partition coefficient (Wildman–Crippen LogP) is 0.911. The zero-order valence-electron chi connectivity index (χ0n) is 5.57. The van der Waals surface area contributed by atoms with Gasteiger partial charge in [0.25, 0.3) is 0 Å². The van der Waals surface area contributed by atoms with Crippen molar-refractivity contribution in [2.24, 2.45) is 0 Å². The average Bonchev–Trinajstić information content (AvgIpc) is 1.65. The van der Waals surface area contributed by atoms with Crippen molar-refractivity contribution in [3.63, 3.8) is 0 Å². The van der Waals surface area contributed by atoms with Crippen LogP contribution in [0.3, 0.4) is 0 Å². The van der Waals surface area contributed by atoms with Gasteiger partial charge in [-0.3, -0.25) is 0 Å². The first-order valence-corrected chi connectivity index (χ1v) is 3.13. The van der Waals surface area contributed by atoms with Crippen LogP contribution >= 0.6 is 25.0 Å². The lowest BCUT2D eigenvalue weighted by molar-refractivity contribution is -0.149. The summed E-state index contributed by atoms with van der Waals surface area (Å²) in [7, 11) is 0. The second-order valence-corrected chi connectivity index (χ2v) is 2.61. The summed E-state index contributed by atoms with van der Waals surface area (Å²) in [6, 6.07) is 0. The average molecular weight is 187 g/mol. The van der Waals surface area contributed by atoms with Crippen molar-refractivity contribution in [3.8, 4) is 0 Å². The first kappa shape index (κ1) is 12.7. The lowest BCUT2D eigenvalue weighted by atomic mass is 10.2. The zero-order valence-corrected chi connectivity index (χ0v) is 7.28. The molecule has 62 valence electrons. The van der Waals surface area contributed by atoms with E-state index in [4.69, 9.17) is 10.2 Å². The molecule has 2 N–H and O–H groups in total. The van der Waals surface area contributed by atoms with E-state index >= 15 is 0 Å². The third kappa shape index (κ3) is 3.98. The molecule has 1 unspecified atom stereocenters. The SMILES string of the molecule is CCCC(O)(S)C(=O)O.Cl. The largest absolute Gasteiger partial charge is 0.478 e. The van der Waals surface area contributed by atoms with Gasteiger partial charge in [-0.1, -0.05) is 13.3 Å². The molecule has 0 heterocycles. The summed E-state index contributed by atoms with van der Waals surface area (Å²) >= 11 is 3.52. The number of halogens is 1. The Kier molecular flexibility index (Phi) is 6.13. The zero-order chi connectivity index (χ0) is 7.49. The third-order valence-corrected chi connectivity index (χ3v) is 1.36. The van der Waals surface area contributed by atoms with Gasteiger partial charge in [0.2, 0.25) is 4.93 Å². The fraction of sp³-hybridized carbons (Fsp3) is 0.800. The molecule has 3 nitrogen and oxygen atoms in total. The molecule has 0 aromatic heterocycles. The van der Waals surface area contributed by atoms with Crippen LogP contribution in [0.2, 0.25) is 0 Å². The van der Waals surface area contributed by atoms with Crippen LogP contribution < -0.4 is 0 Å². The van der Waals surface area contributed by atoms with Crippen molar-refractivity contribution in [2.45, 2.75) is 24.7 Å². The van der Waals surface area contributed by atoms with E-state index in [-0.39, 0.29) is 18.8 Å². The van der Waals surface area contributed by atoms with Crippen LogP contribution in [0.1, 0.15) is 19.8 Å². The minimum atomic E-state index is -1.84. The molecule has 0 rings (SSSR count). The Bertz CT molecular complexity index is 115. The highest BCUT2D eigenvalue weighted by atomic mass is 35.5. The van der Waals surface area contributed by atoms with Crippen LogP contribution in [0, 0.1) is 0 Å². The van der Waals surface area contributed by atoms with Crippen molar-refractivity contribution in [1.82, 2.24) is 0 Å². The van der Waals surface area contributed by atoms with Crippen LogP contribution in [0.4, 0.5) is 0 Å². The van der Waals surface area contributed by atoms with E-state index in [1.165, 1.54) is 0 Å². The standard InChI is InChI=1S/C5H10O3S.ClH/c1-2-3-5(8,9)4(6)7;/h8-9H,2-3H2,1H3,(H,6,7);1H. The molecule has 0 saturated heterocycles. The Morgan fingerprint density at radius 2 is 2.10 bits per heavy atom. The Hall–Kier alpha value is 0.0700. The van der Waals surface area contributed by atoms with Gasteiger partial charge < -0.3 is 10.2 Å². The normalized spacial score (nSPS) is 15.1. The predicted molar refractivity (Wildman–Crippen MR) is 43.7 cm³/mol. The molecule has 0 spiro atoms. The van der Waals surface area contributed by atoms with Crippen molar-refractivity contribution < 1.29 is 15.0 Å². The Morgan fingerprint density at radius 3 is 2.20 bits per heavy atom. The number of hydrogen-bond donors (Lipinski definition) is 3. The lowest BCUT2D eigenvalue weighted by Crippen LogP contribution is -2.31. The van der Waals surface area contributed by atoms with Crippen LogP contribution in [0.25, 0.3) is 0 Å². The van der Waals surface area contributed by atoms with Crippen LogP contribution in [-0.2, 0) is 4.79 Å². The van der Waals surface area contributed by atoms with E-state index in [0.29, 0.717) is 6.42 Å².